The standard InChI is InChI=1S/C14H12N2O2/c17-11-6-2-1-5-10(11)14-15-8-9-4-3-7-12(18)13(9)16-14/h1-2,5-6,8,17H,3-4,7H2. The number of para-hydroxylation sites is 1. The van der Waals surface area contributed by atoms with Gasteiger partial charge in [-0.2, -0.15) is 0 Å². The molecule has 90 valence electrons. The van der Waals surface area contributed by atoms with Crippen LogP contribution in [0.1, 0.15) is 28.9 Å². The number of hydrogen-bond acceptors (Lipinski definition) is 4. The molecule has 18 heavy (non-hydrogen) atoms. The van der Waals surface area contributed by atoms with Crippen LogP contribution in [0.25, 0.3) is 11.4 Å². The quantitative estimate of drug-likeness (QED) is 0.831. The molecule has 1 heterocycles. The van der Waals surface area contributed by atoms with Gasteiger partial charge in [-0.15, -0.1) is 0 Å². The molecule has 0 fully saturated rings. The second-order valence-corrected chi connectivity index (χ2v) is 4.36. The molecule has 1 aromatic carbocycles. The Hall–Kier alpha value is -2.23. The van der Waals surface area contributed by atoms with Gasteiger partial charge in [0.05, 0.1) is 5.56 Å². The first-order chi connectivity index (χ1) is 8.75. The largest absolute Gasteiger partial charge is 0.507 e. The van der Waals surface area contributed by atoms with E-state index in [1.807, 2.05) is 0 Å². The Morgan fingerprint density at radius 3 is 2.83 bits per heavy atom. The highest BCUT2D eigenvalue weighted by Crippen LogP contribution is 2.27. The van der Waals surface area contributed by atoms with Gasteiger partial charge in [0.1, 0.15) is 11.4 Å². The minimum atomic E-state index is 0.0651. The van der Waals surface area contributed by atoms with Crippen molar-refractivity contribution < 1.29 is 9.90 Å². The van der Waals surface area contributed by atoms with Gasteiger partial charge in [0.2, 0.25) is 0 Å². The van der Waals surface area contributed by atoms with Crippen molar-refractivity contribution in [2.75, 3.05) is 0 Å². The zero-order valence-electron chi connectivity index (χ0n) is 9.76. The number of carbonyl (C=O) groups is 1. The van der Waals surface area contributed by atoms with Crippen LogP contribution in [0, 0.1) is 0 Å². The first-order valence-corrected chi connectivity index (χ1v) is 5.93. The molecule has 1 aliphatic rings. The Morgan fingerprint density at radius 1 is 1.17 bits per heavy atom. The van der Waals surface area contributed by atoms with Gasteiger partial charge in [0.25, 0.3) is 0 Å². The predicted octanol–water partition coefficient (Wildman–Crippen LogP) is 2.37. The minimum Gasteiger partial charge on any atom is -0.507 e. The molecule has 4 heteroatoms. The highest BCUT2D eigenvalue weighted by Gasteiger charge is 2.20. The van der Waals surface area contributed by atoms with Crippen molar-refractivity contribution in [3.05, 3.63) is 41.7 Å². The van der Waals surface area contributed by atoms with E-state index in [-0.39, 0.29) is 11.5 Å². The van der Waals surface area contributed by atoms with Gasteiger partial charge in [-0.1, -0.05) is 12.1 Å². The van der Waals surface area contributed by atoms with Crippen LogP contribution in [0.3, 0.4) is 0 Å². The summed E-state index contributed by atoms with van der Waals surface area (Å²) in [7, 11) is 0. The van der Waals surface area contributed by atoms with E-state index in [4.69, 9.17) is 0 Å². The van der Waals surface area contributed by atoms with Crippen molar-refractivity contribution in [2.45, 2.75) is 19.3 Å². The molecule has 1 aliphatic carbocycles. The van der Waals surface area contributed by atoms with Gasteiger partial charge in [0.15, 0.2) is 11.6 Å². The summed E-state index contributed by atoms with van der Waals surface area (Å²) in [6, 6.07) is 6.87. The Bertz CT molecular complexity index is 623. The summed E-state index contributed by atoms with van der Waals surface area (Å²) in [5, 5.41) is 9.77. The van der Waals surface area contributed by atoms with Crippen LogP contribution in [-0.4, -0.2) is 20.9 Å². The summed E-state index contributed by atoms with van der Waals surface area (Å²) in [6.07, 6.45) is 3.96. The van der Waals surface area contributed by atoms with Crippen molar-refractivity contribution in [1.82, 2.24) is 9.97 Å². The van der Waals surface area contributed by atoms with E-state index >= 15 is 0 Å². The van der Waals surface area contributed by atoms with Crippen molar-refractivity contribution in [1.29, 1.82) is 0 Å². The fourth-order valence-electron chi connectivity index (χ4n) is 2.18. The monoisotopic (exact) mass is 240 g/mol. The number of hydrogen-bond donors (Lipinski definition) is 1. The van der Waals surface area contributed by atoms with E-state index in [0.717, 1.165) is 18.4 Å². The maximum Gasteiger partial charge on any atom is 0.181 e. The first-order valence-electron chi connectivity index (χ1n) is 5.93. The summed E-state index contributed by atoms with van der Waals surface area (Å²) in [5.74, 6) is 0.595. The van der Waals surface area contributed by atoms with Crippen LogP contribution in [-0.2, 0) is 6.42 Å². The van der Waals surface area contributed by atoms with Crippen LogP contribution >= 0.6 is 0 Å². The number of carbonyl (C=O) groups excluding carboxylic acids is 1. The highest BCUT2D eigenvalue weighted by atomic mass is 16.3. The topological polar surface area (TPSA) is 63.1 Å². The van der Waals surface area contributed by atoms with Gasteiger partial charge < -0.3 is 5.11 Å². The molecule has 0 unspecified atom stereocenters. The zero-order valence-corrected chi connectivity index (χ0v) is 9.76. The molecular weight excluding hydrogens is 228 g/mol. The Kier molecular flexibility index (Phi) is 2.55. The highest BCUT2D eigenvalue weighted by molar-refractivity contribution is 5.96. The Morgan fingerprint density at radius 2 is 2.00 bits per heavy atom. The molecule has 1 N–H and O–H groups in total. The van der Waals surface area contributed by atoms with Crippen LogP contribution in [0.4, 0.5) is 0 Å². The maximum atomic E-state index is 11.8. The minimum absolute atomic E-state index is 0.0651. The normalized spacial score (nSPS) is 14.3. The van der Waals surface area contributed by atoms with Gasteiger partial charge in [-0.05, 0) is 30.5 Å². The summed E-state index contributed by atoms with van der Waals surface area (Å²) in [4.78, 5) is 20.3. The summed E-state index contributed by atoms with van der Waals surface area (Å²) in [5.41, 5.74) is 1.97. The fraction of sp³-hybridized carbons (Fsp3) is 0.214. The average Bonchev–Trinajstić information content (AvgIpc) is 2.40. The molecule has 0 saturated carbocycles. The lowest BCUT2D eigenvalue weighted by molar-refractivity contribution is 0.0967. The predicted molar refractivity (Wildman–Crippen MR) is 66.4 cm³/mol. The molecule has 0 spiro atoms. The number of ketones is 1. The van der Waals surface area contributed by atoms with E-state index < -0.39 is 0 Å². The van der Waals surface area contributed by atoms with E-state index in [0.29, 0.717) is 23.5 Å². The molecule has 0 atom stereocenters. The second-order valence-electron chi connectivity index (χ2n) is 4.36. The number of aromatic nitrogens is 2. The second kappa shape index (κ2) is 4.22. The number of aryl methyl sites for hydroxylation is 1. The van der Waals surface area contributed by atoms with E-state index in [9.17, 15) is 9.90 Å². The zero-order chi connectivity index (χ0) is 12.5. The third-order valence-corrected chi connectivity index (χ3v) is 3.12. The molecule has 2 aromatic rings. The number of benzene rings is 1. The molecule has 0 radical (unpaired) electrons. The summed E-state index contributed by atoms with van der Waals surface area (Å²) >= 11 is 0. The molecule has 1 aromatic heterocycles. The van der Waals surface area contributed by atoms with Gasteiger partial charge in [-0.3, -0.25) is 4.79 Å². The van der Waals surface area contributed by atoms with Crippen molar-refractivity contribution in [3.8, 4) is 17.1 Å². The van der Waals surface area contributed by atoms with E-state index in [1.54, 1.807) is 30.5 Å². The number of phenols is 1. The van der Waals surface area contributed by atoms with Crippen LogP contribution in [0.5, 0.6) is 5.75 Å². The Balaban J connectivity index is 2.13. The lowest BCUT2D eigenvalue weighted by Gasteiger charge is -2.14. The van der Waals surface area contributed by atoms with E-state index in [1.165, 1.54) is 0 Å². The summed E-state index contributed by atoms with van der Waals surface area (Å²) in [6.45, 7) is 0. The Labute approximate surface area is 104 Å². The third-order valence-electron chi connectivity index (χ3n) is 3.12. The third kappa shape index (κ3) is 1.76. The SMILES string of the molecule is O=C1CCCc2cnc(-c3ccccc3O)nc21. The van der Waals surface area contributed by atoms with Gasteiger partial charge in [-0.25, -0.2) is 9.97 Å². The molecule has 0 aliphatic heterocycles. The lowest BCUT2D eigenvalue weighted by atomic mass is 9.96. The van der Waals surface area contributed by atoms with Gasteiger partial charge in [0, 0.05) is 12.6 Å². The molecule has 3 rings (SSSR count). The average molecular weight is 240 g/mol. The van der Waals surface area contributed by atoms with Crippen molar-refractivity contribution in [2.24, 2.45) is 0 Å². The number of phenolic OH excluding ortho intramolecular Hbond substituents is 1. The van der Waals surface area contributed by atoms with Crippen molar-refractivity contribution >= 4 is 5.78 Å². The molecule has 4 nitrogen and oxygen atoms in total. The molecule has 0 bridgehead atoms. The number of rotatable bonds is 1. The molecular formula is C14H12N2O2. The van der Waals surface area contributed by atoms with Crippen LogP contribution in [0.15, 0.2) is 30.5 Å². The van der Waals surface area contributed by atoms with Crippen molar-refractivity contribution in [3.63, 3.8) is 0 Å². The smallest absolute Gasteiger partial charge is 0.181 e. The molecule has 0 saturated heterocycles. The van der Waals surface area contributed by atoms with E-state index in [2.05, 4.69) is 9.97 Å². The molecule has 0 amide bonds. The first kappa shape index (κ1) is 10.9. The lowest BCUT2D eigenvalue weighted by Crippen LogP contribution is -2.14. The number of Topliss-reactive ketones (excluding diaryl/α,β-unsaturated/α-hetero) is 1. The van der Waals surface area contributed by atoms with Crippen LogP contribution in [0.2, 0.25) is 0 Å². The van der Waals surface area contributed by atoms with Crippen LogP contribution < -0.4 is 0 Å². The summed E-state index contributed by atoms with van der Waals surface area (Å²) < 4.78 is 0. The number of fused-ring (bicyclic) bond motifs is 1. The van der Waals surface area contributed by atoms with Gasteiger partial charge >= 0.3 is 0 Å². The maximum absolute atomic E-state index is 11.8. The number of nitrogens with zero attached hydrogens (tertiary/aromatic N) is 2. The number of aromatic hydroxyl groups is 1. The fourth-order valence-corrected chi connectivity index (χ4v) is 2.18.